The van der Waals surface area contributed by atoms with Crippen LogP contribution in [0.3, 0.4) is 0 Å². The van der Waals surface area contributed by atoms with Crippen LogP contribution in [0.2, 0.25) is 0 Å². The molecule has 1 aliphatic heterocycles. The highest BCUT2D eigenvalue weighted by Gasteiger charge is 2.33. The van der Waals surface area contributed by atoms with E-state index in [0.29, 0.717) is 13.0 Å². The van der Waals surface area contributed by atoms with Crippen molar-refractivity contribution in [2.24, 2.45) is 5.41 Å². The van der Waals surface area contributed by atoms with E-state index in [-0.39, 0.29) is 12.6 Å². The fourth-order valence-corrected chi connectivity index (χ4v) is 3.75. The van der Waals surface area contributed by atoms with Crippen molar-refractivity contribution in [1.29, 1.82) is 0 Å². The van der Waals surface area contributed by atoms with Crippen LogP contribution in [0, 0.1) is 28.7 Å². The third-order valence-electron chi connectivity index (χ3n) is 3.71. The van der Waals surface area contributed by atoms with E-state index in [1.807, 2.05) is 4.72 Å². The van der Waals surface area contributed by atoms with Crippen molar-refractivity contribution in [3.63, 3.8) is 0 Å². The Morgan fingerprint density at radius 3 is 2.32 bits per heavy atom. The van der Waals surface area contributed by atoms with E-state index < -0.39 is 43.6 Å². The first-order chi connectivity index (χ1) is 10.2. The van der Waals surface area contributed by atoms with Crippen LogP contribution < -0.4 is 10.0 Å². The number of benzene rings is 1. The molecule has 1 aromatic carbocycles. The normalized spacial score (nSPS) is 22.8. The lowest BCUT2D eigenvalue weighted by Crippen LogP contribution is -2.45. The highest BCUT2D eigenvalue weighted by molar-refractivity contribution is 7.89. The number of halogens is 4. The number of hydrogen-bond acceptors (Lipinski definition) is 3. The third kappa shape index (κ3) is 3.41. The molecule has 0 spiro atoms. The molecule has 1 fully saturated rings. The minimum absolute atomic E-state index is 0.0317. The van der Waals surface area contributed by atoms with Crippen molar-refractivity contribution >= 4 is 10.0 Å². The summed E-state index contributed by atoms with van der Waals surface area (Å²) in [5.74, 6) is -7.38. The van der Waals surface area contributed by atoms with Crippen molar-refractivity contribution in [3.8, 4) is 0 Å². The second-order valence-electron chi connectivity index (χ2n) is 5.71. The van der Waals surface area contributed by atoms with Gasteiger partial charge in [0.05, 0.1) is 0 Å². The molecule has 124 valence electrons. The maximum Gasteiger partial charge on any atom is 0.246 e. The van der Waals surface area contributed by atoms with Crippen LogP contribution in [-0.2, 0) is 10.0 Å². The van der Waals surface area contributed by atoms with Gasteiger partial charge in [-0.1, -0.05) is 6.92 Å². The molecule has 1 aliphatic rings. The zero-order valence-electron chi connectivity index (χ0n) is 11.8. The van der Waals surface area contributed by atoms with E-state index >= 15 is 0 Å². The van der Waals surface area contributed by atoms with Crippen molar-refractivity contribution in [2.45, 2.75) is 24.7 Å². The van der Waals surface area contributed by atoms with Gasteiger partial charge in [-0.05, 0) is 24.8 Å². The van der Waals surface area contributed by atoms with Gasteiger partial charge < -0.3 is 5.32 Å². The molecule has 0 aromatic heterocycles. The summed E-state index contributed by atoms with van der Waals surface area (Å²) in [5, 5.41) is 3.09. The van der Waals surface area contributed by atoms with Gasteiger partial charge in [0.25, 0.3) is 0 Å². The minimum Gasteiger partial charge on any atom is -0.316 e. The van der Waals surface area contributed by atoms with Gasteiger partial charge in [0.15, 0.2) is 28.2 Å². The van der Waals surface area contributed by atoms with E-state index in [1.54, 1.807) is 6.92 Å². The highest BCUT2D eigenvalue weighted by Crippen LogP contribution is 2.27. The smallest absolute Gasteiger partial charge is 0.246 e. The Kier molecular flexibility index (Phi) is 4.78. The maximum atomic E-state index is 13.6. The molecule has 2 N–H and O–H groups in total. The zero-order valence-corrected chi connectivity index (χ0v) is 12.7. The van der Waals surface area contributed by atoms with E-state index in [1.165, 1.54) is 0 Å². The Hall–Kier alpha value is -1.19. The maximum absolute atomic E-state index is 13.6. The fraction of sp³-hybridized carbons (Fsp3) is 0.538. The summed E-state index contributed by atoms with van der Waals surface area (Å²) in [6, 6.07) is -0.0317. The molecular weight excluding hydrogens is 324 g/mol. The van der Waals surface area contributed by atoms with Gasteiger partial charge in [-0.15, -0.1) is 0 Å². The lowest BCUT2D eigenvalue weighted by molar-refractivity contribution is 0.238. The lowest BCUT2D eigenvalue weighted by Gasteiger charge is -2.34. The first-order valence-electron chi connectivity index (χ1n) is 6.70. The fourth-order valence-electron chi connectivity index (χ4n) is 2.40. The molecule has 1 saturated heterocycles. The van der Waals surface area contributed by atoms with Gasteiger partial charge in [-0.25, -0.2) is 30.7 Å². The Balaban J connectivity index is 2.28. The van der Waals surface area contributed by atoms with Crippen LogP contribution >= 0.6 is 0 Å². The second kappa shape index (κ2) is 6.13. The predicted molar refractivity (Wildman–Crippen MR) is 71.7 cm³/mol. The summed E-state index contributed by atoms with van der Waals surface area (Å²) in [6.07, 6.45) is 1.54. The predicted octanol–water partition coefficient (Wildman–Crippen LogP) is 1.91. The zero-order chi connectivity index (χ0) is 16.5. The summed E-state index contributed by atoms with van der Waals surface area (Å²) in [4.78, 5) is -1.63. The molecular formula is C13H16F4N2O2S. The number of sulfonamides is 1. The average Bonchev–Trinajstić information content (AvgIpc) is 2.44. The molecule has 1 aromatic rings. The summed E-state index contributed by atoms with van der Waals surface area (Å²) in [6.45, 7) is 3.04. The average molecular weight is 340 g/mol. The van der Waals surface area contributed by atoms with Crippen molar-refractivity contribution in [1.82, 2.24) is 10.0 Å². The molecule has 0 radical (unpaired) electrons. The van der Waals surface area contributed by atoms with Crippen LogP contribution in [0.5, 0.6) is 0 Å². The number of piperidine rings is 1. The molecule has 1 atom stereocenters. The van der Waals surface area contributed by atoms with Crippen LogP contribution in [-0.4, -0.2) is 28.1 Å². The highest BCUT2D eigenvalue weighted by atomic mass is 32.2. The van der Waals surface area contributed by atoms with E-state index in [9.17, 15) is 26.0 Å². The molecule has 0 saturated carbocycles. The van der Waals surface area contributed by atoms with Gasteiger partial charge in [0, 0.05) is 19.2 Å². The third-order valence-corrected chi connectivity index (χ3v) is 5.14. The molecule has 9 heteroatoms. The van der Waals surface area contributed by atoms with Gasteiger partial charge in [-0.3, -0.25) is 0 Å². The van der Waals surface area contributed by atoms with Gasteiger partial charge in [0.1, 0.15) is 0 Å². The molecule has 22 heavy (non-hydrogen) atoms. The Labute approximate surface area is 126 Å². The largest absolute Gasteiger partial charge is 0.316 e. The molecule has 1 unspecified atom stereocenters. The van der Waals surface area contributed by atoms with E-state index in [4.69, 9.17) is 0 Å². The minimum atomic E-state index is -4.71. The molecule has 4 nitrogen and oxygen atoms in total. The molecule has 2 rings (SSSR count). The standard InChI is InChI=1S/C13H16F4N2O2S/c1-13(3-2-4-18-6-13)7-19-22(20,21)12-10(16)8(14)5-9(15)11(12)17/h5,18-19H,2-4,6-7H2,1H3. The summed E-state index contributed by atoms with van der Waals surface area (Å²) < 4.78 is 79.5. The van der Waals surface area contributed by atoms with Crippen LogP contribution in [0.15, 0.2) is 11.0 Å². The number of nitrogens with one attached hydrogen (secondary N) is 2. The van der Waals surface area contributed by atoms with Crippen molar-refractivity contribution < 1.29 is 26.0 Å². The summed E-state index contributed by atoms with van der Waals surface area (Å²) in [5.41, 5.74) is -0.440. The quantitative estimate of drug-likeness (QED) is 0.650. The van der Waals surface area contributed by atoms with Gasteiger partial charge in [0.2, 0.25) is 10.0 Å². The Bertz CT molecular complexity index is 647. The first kappa shape index (κ1) is 17.2. The summed E-state index contributed by atoms with van der Waals surface area (Å²) >= 11 is 0. The van der Waals surface area contributed by atoms with Gasteiger partial charge in [-0.2, -0.15) is 0 Å². The Morgan fingerprint density at radius 2 is 1.82 bits per heavy atom. The number of hydrogen-bond donors (Lipinski definition) is 2. The molecule has 0 aliphatic carbocycles. The lowest BCUT2D eigenvalue weighted by atomic mass is 9.83. The SMILES string of the molecule is CC1(CNS(=O)(=O)c2c(F)c(F)cc(F)c2F)CCCNC1. The van der Waals surface area contributed by atoms with Crippen molar-refractivity contribution in [3.05, 3.63) is 29.3 Å². The molecule has 1 heterocycles. The molecule has 0 amide bonds. The monoisotopic (exact) mass is 340 g/mol. The van der Waals surface area contributed by atoms with Crippen LogP contribution in [0.4, 0.5) is 17.6 Å². The van der Waals surface area contributed by atoms with Crippen LogP contribution in [0.1, 0.15) is 19.8 Å². The topological polar surface area (TPSA) is 58.2 Å². The number of rotatable bonds is 4. The molecule has 0 bridgehead atoms. The van der Waals surface area contributed by atoms with Crippen LogP contribution in [0.25, 0.3) is 0 Å². The van der Waals surface area contributed by atoms with E-state index in [2.05, 4.69) is 5.32 Å². The van der Waals surface area contributed by atoms with E-state index in [0.717, 1.165) is 13.0 Å². The van der Waals surface area contributed by atoms with Gasteiger partial charge >= 0.3 is 0 Å². The Morgan fingerprint density at radius 1 is 1.23 bits per heavy atom. The first-order valence-corrected chi connectivity index (χ1v) is 8.18. The second-order valence-corrected chi connectivity index (χ2v) is 7.42. The van der Waals surface area contributed by atoms with Crippen molar-refractivity contribution in [2.75, 3.05) is 19.6 Å². The summed E-state index contributed by atoms with van der Waals surface area (Å²) in [7, 11) is -4.71.